The van der Waals surface area contributed by atoms with Gasteiger partial charge in [-0.25, -0.2) is 14.5 Å². The summed E-state index contributed by atoms with van der Waals surface area (Å²) in [7, 11) is 0. The third-order valence-electron chi connectivity index (χ3n) is 3.72. The summed E-state index contributed by atoms with van der Waals surface area (Å²) in [5, 5.41) is 5.19. The fourth-order valence-corrected chi connectivity index (χ4v) is 2.88. The average Bonchev–Trinajstić information content (AvgIpc) is 2.76. The third kappa shape index (κ3) is 2.71. The first kappa shape index (κ1) is 13.9. The number of ether oxygens (including phenoxy) is 1. The number of nitrogens with two attached hydrogens (primary N) is 2. The Hall–Kier alpha value is -2.09. The van der Waals surface area contributed by atoms with Crippen molar-refractivity contribution in [2.75, 3.05) is 5.73 Å². The molecule has 1 aliphatic rings. The first-order valence-corrected chi connectivity index (χ1v) is 7.04. The summed E-state index contributed by atoms with van der Waals surface area (Å²) >= 11 is 5.84. The zero-order chi connectivity index (χ0) is 15.0. The number of anilines is 1. The third-order valence-corrected chi connectivity index (χ3v) is 3.90. The zero-order valence-corrected chi connectivity index (χ0v) is 12.0. The van der Waals surface area contributed by atoms with Crippen molar-refractivity contribution in [2.24, 2.45) is 5.73 Å². The van der Waals surface area contributed by atoms with Crippen molar-refractivity contribution < 1.29 is 9.53 Å². The maximum Gasteiger partial charge on any atom is 0.404 e. The summed E-state index contributed by atoms with van der Waals surface area (Å²) in [5.41, 5.74) is 11.6. The van der Waals surface area contributed by atoms with Crippen molar-refractivity contribution in [1.29, 1.82) is 0 Å². The lowest BCUT2D eigenvalue weighted by molar-refractivity contribution is 0.0714. The van der Waals surface area contributed by atoms with Crippen LogP contribution in [-0.2, 0) is 4.74 Å². The quantitative estimate of drug-likeness (QED) is 0.813. The molecule has 0 bridgehead atoms. The molecule has 8 nitrogen and oxygen atoms in total. The van der Waals surface area contributed by atoms with Crippen LogP contribution in [0.5, 0.6) is 0 Å². The van der Waals surface area contributed by atoms with Gasteiger partial charge in [0.15, 0.2) is 11.5 Å². The van der Waals surface area contributed by atoms with E-state index in [0.717, 1.165) is 25.7 Å². The Balaban J connectivity index is 1.82. The van der Waals surface area contributed by atoms with E-state index in [4.69, 9.17) is 27.8 Å². The van der Waals surface area contributed by atoms with Gasteiger partial charge in [-0.15, -0.1) is 0 Å². The van der Waals surface area contributed by atoms with Crippen LogP contribution in [0.1, 0.15) is 31.7 Å². The molecule has 21 heavy (non-hydrogen) atoms. The van der Waals surface area contributed by atoms with Crippen molar-refractivity contribution in [1.82, 2.24) is 19.7 Å². The van der Waals surface area contributed by atoms with Crippen LogP contribution in [0.3, 0.4) is 0 Å². The minimum Gasteiger partial charge on any atom is -0.446 e. The Kier molecular flexibility index (Phi) is 3.54. The number of carbonyl (C=O) groups excluding carboxylic acids is 1. The highest BCUT2D eigenvalue weighted by Gasteiger charge is 2.27. The summed E-state index contributed by atoms with van der Waals surface area (Å²) in [6.45, 7) is 0. The largest absolute Gasteiger partial charge is 0.446 e. The highest BCUT2D eigenvalue weighted by molar-refractivity contribution is 6.28. The molecule has 0 aliphatic heterocycles. The molecular formula is C12H15ClN6O2. The van der Waals surface area contributed by atoms with Gasteiger partial charge in [-0.1, -0.05) is 0 Å². The lowest BCUT2D eigenvalue weighted by Crippen LogP contribution is -2.28. The molecule has 4 N–H and O–H groups in total. The minimum absolute atomic E-state index is 0.129. The molecule has 0 aromatic carbocycles. The van der Waals surface area contributed by atoms with E-state index < -0.39 is 6.09 Å². The number of hydrogen-bond acceptors (Lipinski definition) is 6. The Morgan fingerprint density at radius 1 is 1.38 bits per heavy atom. The summed E-state index contributed by atoms with van der Waals surface area (Å²) < 4.78 is 6.82. The van der Waals surface area contributed by atoms with Crippen LogP contribution in [0.4, 0.5) is 10.6 Å². The molecule has 2 aromatic rings. The van der Waals surface area contributed by atoms with Crippen LogP contribution in [0.15, 0.2) is 6.20 Å². The predicted molar refractivity (Wildman–Crippen MR) is 76.7 cm³/mol. The first-order valence-electron chi connectivity index (χ1n) is 6.67. The van der Waals surface area contributed by atoms with E-state index in [0.29, 0.717) is 16.9 Å². The van der Waals surface area contributed by atoms with Crippen molar-refractivity contribution >= 4 is 34.5 Å². The zero-order valence-electron chi connectivity index (χ0n) is 11.2. The summed E-state index contributed by atoms with van der Waals surface area (Å²) in [4.78, 5) is 18.9. The number of aromatic nitrogens is 4. The number of carbonyl (C=O) groups is 1. The molecule has 0 unspecified atom stereocenters. The van der Waals surface area contributed by atoms with Gasteiger partial charge in [0.1, 0.15) is 6.10 Å². The van der Waals surface area contributed by atoms with Gasteiger partial charge in [0, 0.05) is 6.20 Å². The van der Waals surface area contributed by atoms with E-state index in [-0.39, 0.29) is 17.4 Å². The molecule has 112 valence electrons. The number of primary amides is 1. The van der Waals surface area contributed by atoms with Crippen LogP contribution in [0.2, 0.25) is 5.28 Å². The monoisotopic (exact) mass is 310 g/mol. The summed E-state index contributed by atoms with van der Waals surface area (Å²) in [6.07, 6.45) is 3.78. The standard InChI is InChI=1S/C12H15ClN6O2/c13-11-16-5-8-9(14)18-19(10(8)17-11)6-1-3-7(4-2-6)21-12(15)20/h5-7H,1-4H2,(H2,14,18)(H2,15,20). The number of rotatable bonds is 2. The number of halogens is 1. The van der Waals surface area contributed by atoms with Gasteiger partial charge in [-0.05, 0) is 37.3 Å². The number of fused-ring (bicyclic) bond motifs is 1. The Morgan fingerprint density at radius 2 is 2.10 bits per heavy atom. The fourth-order valence-electron chi connectivity index (χ4n) is 2.75. The SMILES string of the molecule is NC(=O)OC1CCC(n2nc(N)c3cnc(Cl)nc32)CC1. The average molecular weight is 311 g/mol. The van der Waals surface area contributed by atoms with Crippen molar-refractivity contribution in [3.8, 4) is 0 Å². The smallest absolute Gasteiger partial charge is 0.404 e. The highest BCUT2D eigenvalue weighted by Crippen LogP contribution is 2.33. The van der Waals surface area contributed by atoms with Crippen LogP contribution >= 0.6 is 11.6 Å². The van der Waals surface area contributed by atoms with E-state index in [1.807, 2.05) is 0 Å². The fraction of sp³-hybridized carbons (Fsp3) is 0.500. The minimum atomic E-state index is -0.730. The van der Waals surface area contributed by atoms with E-state index in [2.05, 4.69) is 15.1 Å². The lowest BCUT2D eigenvalue weighted by atomic mass is 9.93. The van der Waals surface area contributed by atoms with Gasteiger partial charge in [0.2, 0.25) is 5.28 Å². The Labute approximate surface area is 125 Å². The molecule has 0 saturated heterocycles. The maximum atomic E-state index is 10.8. The van der Waals surface area contributed by atoms with Crippen molar-refractivity contribution in [3.63, 3.8) is 0 Å². The molecule has 2 aromatic heterocycles. The number of nitrogens with zero attached hydrogens (tertiary/aromatic N) is 4. The summed E-state index contributed by atoms with van der Waals surface area (Å²) in [6, 6.07) is 0.142. The van der Waals surface area contributed by atoms with Gasteiger partial charge >= 0.3 is 6.09 Å². The van der Waals surface area contributed by atoms with E-state index in [9.17, 15) is 4.79 Å². The Morgan fingerprint density at radius 3 is 2.76 bits per heavy atom. The van der Waals surface area contributed by atoms with E-state index in [1.165, 1.54) is 0 Å². The number of nitrogen functional groups attached to an aromatic ring is 1. The Bertz CT molecular complexity index is 680. The van der Waals surface area contributed by atoms with Crippen LogP contribution in [0.25, 0.3) is 11.0 Å². The summed E-state index contributed by atoms with van der Waals surface area (Å²) in [5.74, 6) is 0.386. The second-order valence-electron chi connectivity index (χ2n) is 5.07. The topological polar surface area (TPSA) is 122 Å². The van der Waals surface area contributed by atoms with Crippen LogP contribution in [-0.4, -0.2) is 31.9 Å². The molecule has 3 rings (SSSR count). The lowest BCUT2D eigenvalue weighted by Gasteiger charge is -2.28. The number of hydrogen-bond donors (Lipinski definition) is 2. The van der Waals surface area contributed by atoms with Gasteiger partial charge in [-0.2, -0.15) is 10.1 Å². The molecule has 0 spiro atoms. The normalized spacial score (nSPS) is 22.3. The highest BCUT2D eigenvalue weighted by atomic mass is 35.5. The second-order valence-corrected chi connectivity index (χ2v) is 5.41. The molecule has 0 atom stereocenters. The van der Waals surface area contributed by atoms with Crippen molar-refractivity contribution in [2.45, 2.75) is 37.8 Å². The second kappa shape index (κ2) is 5.36. The first-order chi connectivity index (χ1) is 10.0. The van der Waals surface area contributed by atoms with E-state index >= 15 is 0 Å². The molecule has 1 saturated carbocycles. The number of amides is 1. The van der Waals surface area contributed by atoms with Crippen LogP contribution in [0, 0.1) is 0 Å². The van der Waals surface area contributed by atoms with Crippen LogP contribution < -0.4 is 11.5 Å². The molecule has 1 aliphatic carbocycles. The molecule has 2 heterocycles. The molecular weight excluding hydrogens is 296 g/mol. The molecule has 0 radical (unpaired) electrons. The van der Waals surface area contributed by atoms with Gasteiger partial charge in [0.25, 0.3) is 0 Å². The van der Waals surface area contributed by atoms with E-state index in [1.54, 1.807) is 10.9 Å². The van der Waals surface area contributed by atoms with Gasteiger partial charge < -0.3 is 16.2 Å². The molecule has 1 fully saturated rings. The molecule has 9 heteroatoms. The van der Waals surface area contributed by atoms with Gasteiger partial charge in [0.05, 0.1) is 11.4 Å². The van der Waals surface area contributed by atoms with Crippen molar-refractivity contribution in [3.05, 3.63) is 11.5 Å². The maximum absolute atomic E-state index is 10.8. The van der Waals surface area contributed by atoms with Gasteiger partial charge in [-0.3, -0.25) is 0 Å². The predicted octanol–water partition coefficient (Wildman–Crippen LogP) is 1.64. The molecule has 1 amide bonds.